The number of nitrogens with two attached hydrogens (primary N) is 3. The zero-order chi connectivity index (χ0) is 54.7. The number of nitrogens with one attached hydrogen (secondary N) is 1. The summed E-state index contributed by atoms with van der Waals surface area (Å²) in [5, 5.41) is 78.1. The maximum atomic E-state index is 12.2. The van der Waals surface area contributed by atoms with Crippen LogP contribution in [-0.2, 0) is 50.6 Å². The van der Waals surface area contributed by atoms with Crippen LogP contribution in [0.4, 0.5) is 17.8 Å². The van der Waals surface area contributed by atoms with Crippen molar-refractivity contribution < 1.29 is 102 Å². The van der Waals surface area contributed by atoms with Crippen LogP contribution in [0.5, 0.6) is 0 Å². The fraction of sp³-hybridized carbons (Fsp3) is 0.531. The first-order chi connectivity index (χ1) is 34.5. The Bertz CT molecular complexity index is 3310. The van der Waals surface area contributed by atoms with E-state index in [0.717, 1.165) is 20.0 Å². The summed E-state index contributed by atoms with van der Waals surface area (Å²) in [7, 11) is -15.0. The number of fused-ring (bicyclic) bond motifs is 3. The average Bonchev–Trinajstić information content (AvgIpc) is 4.17. The highest BCUT2D eigenvalue weighted by Gasteiger charge is 2.48. The van der Waals surface area contributed by atoms with Gasteiger partial charge in [-0.15, -0.1) is 4.31 Å². The number of aromatic nitrogens is 12. The lowest BCUT2D eigenvalue weighted by atomic mass is 10.1. The predicted molar refractivity (Wildman–Crippen MR) is 231 cm³/mol. The van der Waals surface area contributed by atoms with Crippen LogP contribution in [0.3, 0.4) is 0 Å². The van der Waals surface area contributed by atoms with E-state index in [-0.39, 0.29) is 51.3 Å². The quantitative estimate of drug-likeness (QED) is 0.0506. The molecule has 39 nitrogen and oxygen atoms in total. The van der Waals surface area contributed by atoms with Gasteiger partial charge in [-0.05, 0) is 0 Å². The number of rotatable bonds is 12. The molecule has 0 radical (unpaired) electrons. The normalized spacial score (nSPS) is 28.7. The van der Waals surface area contributed by atoms with Crippen molar-refractivity contribution in [1.82, 2.24) is 57.7 Å². The molecule has 16 N–H and O–H groups in total. The molecule has 0 bridgehead atoms. The number of ether oxygens (including phenoxy) is 3. The smallest absolute Gasteiger partial charge is 0.386 e. The van der Waals surface area contributed by atoms with Crippen LogP contribution in [-0.4, -0.2) is 178 Å². The molecule has 3 fully saturated rings. The van der Waals surface area contributed by atoms with Gasteiger partial charge in [-0.2, -0.15) is 24.4 Å². The molecule has 42 heteroatoms. The lowest BCUT2D eigenvalue weighted by molar-refractivity contribution is -0.339. The minimum Gasteiger partial charge on any atom is -0.790 e. The standard InChI is InChI=1S/C11H18N5O14P3.C11H15N5O5.C10H13N5O5/c1-15-9(19)5-8(14-11(15)12)16(3-13-5)10-7(18)6(17)4(28-10)2-27-32(23,24)30-33(25,26)29-31(20,21)22;1-15-9(20)5-8(14-11(15)12)16(3-13-5)10-7(19)6(18)4(2-17)21-10;11-10-13-7-4(8(19)14-10)12-2-15(7)9-6(18)5(17)3(1-16)20-9/h3-4,6-7,10,17-18H,2H2,1H3,(H2,12,14)(H,23,24)(H,25,26)(H2,20,21,22);3-4,6-7,10,17-19H,2H2,1H3,(H2,12,14);2-3,5-6,9,16-18H,1H2,(H3,11,13,14,19)/p-3/t2*4-,6?,7+,10-;3-,5?,6+,9-/m111/s1. The number of nitrogen functional groups attached to an aromatic ring is 3. The van der Waals surface area contributed by atoms with E-state index in [9.17, 15) is 78.6 Å². The molecular formula is C32H43N15O24P3-3. The minimum absolute atomic E-state index is 0.0130. The number of nitrogens with zero attached hydrogens (tertiary/aromatic N) is 11. The van der Waals surface area contributed by atoms with Crippen LogP contribution >= 0.6 is 23.8 Å². The van der Waals surface area contributed by atoms with E-state index in [1.165, 1.54) is 35.9 Å². The van der Waals surface area contributed by atoms with Crippen molar-refractivity contribution in [3.8, 4) is 0 Å². The average molecular weight is 1110 g/mol. The maximum absolute atomic E-state index is 12.2. The molecule has 9 rings (SSSR count). The number of aliphatic hydroxyl groups excluding tert-OH is 8. The molecule has 5 unspecified atom stereocenters. The van der Waals surface area contributed by atoms with Crippen molar-refractivity contribution in [3.05, 3.63) is 50.0 Å². The Balaban J connectivity index is 0.000000170. The Kier molecular flexibility index (Phi) is 16.2. The fourth-order valence-corrected chi connectivity index (χ4v) is 10.3. The molecule has 0 spiro atoms. The highest BCUT2D eigenvalue weighted by molar-refractivity contribution is 7.67. The summed E-state index contributed by atoms with van der Waals surface area (Å²) < 4.78 is 54.4. The summed E-state index contributed by atoms with van der Waals surface area (Å²) in [6, 6.07) is 0. The summed E-state index contributed by atoms with van der Waals surface area (Å²) in [5.74, 6) is -0.317. The van der Waals surface area contributed by atoms with E-state index in [0.29, 0.717) is 0 Å². The Morgan fingerprint density at radius 3 is 1.43 bits per heavy atom. The molecule has 0 amide bonds. The zero-order valence-electron chi connectivity index (χ0n) is 37.4. The van der Waals surface area contributed by atoms with Gasteiger partial charge in [0, 0.05) is 14.1 Å². The SMILES string of the molecule is Cn1c(N)nc2c(ncn2[C@@H]2O[C@H](CO)C(O)[C@@H]2O)c1=O.Cn1c(N)nc2c(ncn2[C@@H]2O[C@H](CO[P+]([O-])(O)OP(=O)([O-])OP(=O)([O-])[O-])C(O)[C@@H]2O)c1=O.Nc1nc2c(ncn2[C@@H]2O[C@H](CO)C(O)[C@@H]2O)c(=O)[nH]1. The second-order valence-electron chi connectivity index (χ2n) is 15.9. The van der Waals surface area contributed by atoms with Gasteiger partial charge in [-0.25, -0.2) is 15.0 Å². The van der Waals surface area contributed by atoms with E-state index in [2.05, 4.69) is 48.0 Å². The van der Waals surface area contributed by atoms with E-state index in [4.69, 9.17) is 41.6 Å². The topological polar surface area (TPSA) is 611 Å². The molecule has 3 aliphatic heterocycles. The first kappa shape index (κ1) is 56.3. The summed E-state index contributed by atoms with van der Waals surface area (Å²) in [5.41, 5.74) is 15.3. The van der Waals surface area contributed by atoms with Crippen molar-refractivity contribution in [1.29, 1.82) is 0 Å². The summed E-state index contributed by atoms with van der Waals surface area (Å²) in [6.07, 6.45) is -11.9. The molecule has 3 saturated heterocycles. The van der Waals surface area contributed by atoms with Crippen molar-refractivity contribution in [2.45, 2.75) is 73.6 Å². The number of hydrogen-bond acceptors (Lipinski definition) is 33. The highest BCUT2D eigenvalue weighted by Crippen LogP contribution is 2.64. The van der Waals surface area contributed by atoms with E-state index in [1.54, 1.807) is 0 Å². The third-order valence-electron chi connectivity index (χ3n) is 11.1. The van der Waals surface area contributed by atoms with Gasteiger partial charge in [0.1, 0.15) is 61.5 Å². The van der Waals surface area contributed by atoms with E-state index in [1.807, 2.05) is 0 Å². The fourth-order valence-electron chi connectivity index (χ4n) is 7.40. The van der Waals surface area contributed by atoms with Gasteiger partial charge in [-0.1, -0.05) is 0 Å². The van der Waals surface area contributed by atoms with Crippen molar-refractivity contribution in [3.63, 3.8) is 0 Å². The first-order valence-electron chi connectivity index (χ1n) is 20.6. The second kappa shape index (κ2) is 21.3. The van der Waals surface area contributed by atoms with Gasteiger partial charge in [0.2, 0.25) is 17.8 Å². The van der Waals surface area contributed by atoms with Crippen LogP contribution in [0.1, 0.15) is 18.7 Å². The lowest BCUT2D eigenvalue weighted by Gasteiger charge is -2.35. The van der Waals surface area contributed by atoms with Crippen LogP contribution in [0, 0.1) is 0 Å². The van der Waals surface area contributed by atoms with E-state index >= 15 is 0 Å². The number of H-pyrrole nitrogens is 1. The van der Waals surface area contributed by atoms with Gasteiger partial charge >= 0.3 is 16.0 Å². The molecule has 0 aromatic carbocycles. The molecule has 9 heterocycles. The largest absolute Gasteiger partial charge is 0.790 e. The van der Waals surface area contributed by atoms with Crippen LogP contribution in [0.25, 0.3) is 33.5 Å². The van der Waals surface area contributed by atoms with Crippen LogP contribution in [0.15, 0.2) is 33.4 Å². The van der Waals surface area contributed by atoms with Gasteiger partial charge in [-0.3, -0.25) is 51.1 Å². The Morgan fingerprint density at radius 1 is 0.662 bits per heavy atom. The molecule has 6 aromatic heterocycles. The Morgan fingerprint density at radius 2 is 1.04 bits per heavy atom. The number of anilines is 3. The third kappa shape index (κ3) is 11.2. The summed E-state index contributed by atoms with van der Waals surface area (Å²) >= 11 is 0. The number of hydrogen-bond donors (Lipinski definition) is 13. The van der Waals surface area contributed by atoms with Crippen molar-refractivity contribution in [2.24, 2.45) is 14.1 Å². The number of aliphatic hydroxyl groups is 8. The third-order valence-corrected chi connectivity index (χ3v) is 14.8. The zero-order valence-corrected chi connectivity index (χ0v) is 40.1. The number of phosphoric ester groups is 1. The Hall–Kier alpha value is -5.42. The first-order valence-corrected chi connectivity index (χ1v) is 25.0. The summed E-state index contributed by atoms with van der Waals surface area (Å²) in [4.78, 5) is 115. The number of phosphoric acid groups is 3. The highest BCUT2D eigenvalue weighted by atomic mass is 31.3. The molecule has 6 aromatic rings. The van der Waals surface area contributed by atoms with Crippen LogP contribution in [0.2, 0.25) is 0 Å². The molecule has 3 aliphatic rings. The summed E-state index contributed by atoms with van der Waals surface area (Å²) in [6.45, 7) is -1.96. The van der Waals surface area contributed by atoms with Crippen molar-refractivity contribution >= 4 is 75.2 Å². The molecule has 408 valence electrons. The Labute approximate surface area is 408 Å². The number of imidazole rings is 3. The van der Waals surface area contributed by atoms with Crippen LogP contribution < -0.4 is 53.5 Å². The number of aromatic amines is 1. The monoisotopic (exact) mass is 1110 g/mol. The molecule has 74 heavy (non-hydrogen) atoms. The van der Waals surface area contributed by atoms with Crippen molar-refractivity contribution in [2.75, 3.05) is 37.0 Å². The predicted octanol–water partition coefficient (Wildman–Crippen LogP) is -10.7. The molecule has 14 atom stereocenters. The molecular weight excluding hydrogens is 1070 g/mol. The molecule has 0 aliphatic carbocycles. The molecule has 0 saturated carbocycles. The maximum Gasteiger partial charge on any atom is 0.386 e. The lowest BCUT2D eigenvalue weighted by Crippen LogP contribution is -2.34. The van der Waals surface area contributed by atoms with Gasteiger partial charge in [0.05, 0.1) is 40.0 Å². The second-order valence-corrected chi connectivity index (χ2v) is 20.2. The van der Waals surface area contributed by atoms with Gasteiger partial charge < -0.3 is 96.4 Å². The minimum atomic E-state index is -6.13. The van der Waals surface area contributed by atoms with E-state index < -0.39 is 134 Å². The van der Waals surface area contributed by atoms with Gasteiger partial charge in [0.15, 0.2) is 52.2 Å². The van der Waals surface area contributed by atoms with Gasteiger partial charge in [0.25, 0.3) is 16.7 Å².